The largest absolute Gasteiger partial charge is 0.495 e. The lowest BCUT2D eigenvalue weighted by Gasteiger charge is -2.12. The molecular weight excluding hydrogens is 269 g/mol. The van der Waals surface area contributed by atoms with Crippen molar-refractivity contribution in [1.82, 2.24) is 0 Å². The Balaban J connectivity index is 2.15. The maximum atomic E-state index is 6.10. The molecule has 0 aromatic heterocycles. The highest BCUT2D eigenvalue weighted by Crippen LogP contribution is 2.28. The van der Waals surface area contributed by atoms with Crippen molar-refractivity contribution in [2.24, 2.45) is 0 Å². The Labute approximate surface area is 116 Å². The summed E-state index contributed by atoms with van der Waals surface area (Å²) in [5.41, 5.74) is 1.88. The third-order valence-electron chi connectivity index (χ3n) is 2.59. The van der Waals surface area contributed by atoms with Crippen molar-refractivity contribution in [3.8, 4) is 5.75 Å². The van der Waals surface area contributed by atoms with Gasteiger partial charge in [0, 0.05) is 16.6 Å². The minimum atomic E-state index is 0.621. The smallest absolute Gasteiger partial charge is 0.142 e. The van der Waals surface area contributed by atoms with E-state index in [1.165, 1.54) is 0 Å². The van der Waals surface area contributed by atoms with Gasteiger partial charge in [-0.3, -0.25) is 0 Å². The predicted octanol–water partition coefficient (Wildman–Crippen LogP) is 4.61. The number of methoxy groups -OCH3 is 1. The lowest BCUT2D eigenvalue weighted by atomic mass is 10.2. The van der Waals surface area contributed by atoms with E-state index in [1.807, 2.05) is 36.4 Å². The number of benzene rings is 2. The molecule has 18 heavy (non-hydrogen) atoms. The molecule has 0 saturated carbocycles. The fourth-order valence-corrected chi connectivity index (χ4v) is 2.03. The van der Waals surface area contributed by atoms with E-state index in [4.69, 9.17) is 27.9 Å². The first-order valence-corrected chi connectivity index (χ1v) is 6.27. The van der Waals surface area contributed by atoms with Crippen molar-refractivity contribution in [2.45, 2.75) is 6.54 Å². The van der Waals surface area contributed by atoms with Crippen LogP contribution in [0, 0.1) is 0 Å². The van der Waals surface area contributed by atoms with Gasteiger partial charge in [-0.05, 0) is 29.8 Å². The molecule has 0 amide bonds. The van der Waals surface area contributed by atoms with Crippen LogP contribution in [0.4, 0.5) is 5.69 Å². The molecule has 2 aromatic rings. The number of anilines is 1. The van der Waals surface area contributed by atoms with E-state index in [9.17, 15) is 0 Å². The van der Waals surface area contributed by atoms with E-state index in [0.29, 0.717) is 11.6 Å². The molecule has 1 N–H and O–H groups in total. The second kappa shape index (κ2) is 5.98. The summed E-state index contributed by atoms with van der Waals surface area (Å²) >= 11 is 12.1. The van der Waals surface area contributed by atoms with Gasteiger partial charge in [0.25, 0.3) is 0 Å². The molecule has 0 atom stereocenters. The molecule has 0 fully saturated rings. The van der Waals surface area contributed by atoms with Gasteiger partial charge in [0.15, 0.2) is 0 Å². The van der Waals surface area contributed by atoms with E-state index in [-0.39, 0.29) is 0 Å². The summed E-state index contributed by atoms with van der Waals surface area (Å²) in [6, 6.07) is 13.2. The quantitative estimate of drug-likeness (QED) is 0.883. The van der Waals surface area contributed by atoms with Crippen LogP contribution in [0.1, 0.15) is 5.56 Å². The molecule has 0 radical (unpaired) electrons. The number of nitrogens with one attached hydrogen (secondary N) is 1. The Morgan fingerprint density at radius 1 is 1.11 bits per heavy atom. The minimum Gasteiger partial charge on any atom is -0.495 e. The summed E-state index contributed by atoms with van der Waals surface area (Å²) in [6.07, 6.45) is 0. The number of hydrogen-bond acceptors (Lipinski definition) is 2. The average Bonchev–Trinajstić information content (AvgIpc) is 2.38. The molecule has 0 heterocycles. The fourth-order valence-electron chi connectivity index (χ4n) is 1.65. The molecule has 0 saturated heterocycles. The van der Waals surface area contributed by atoms with E-state index in [0.717, 1.165) is 22.0 Å². The summed E-state index contributed by atoms with van der Waals surface area (Å²) in [4.78, 5) is 0. The number of halogens is 2. The van der Waals surface area contributed by atoms with Gasteiger partial charge in [0.1, 0.15) is 5.75 Å². The van der Waals surface area contributed by atoms with Crippen molar-refractivity contribution in [2.75, 3.05) is 12.4 Å². The van der Waals surface area contributed by atoms with Crippen molar-refractivity contribution in [3.05, 3.63) is 58.1 Å². The second-order valence-corrected chi connectivity index (χ2v) is 4.63. The number of ether oxygens (including phenoxy) is 1. The van der Waals surface area contributed by atoms with Crippen molar-refractivity contribution < 1.29 is 4.74 Å². The molecule has 94 valence electrons. The van der Waals surface area contributed by atoms with Gasteiger partial charge in [0.05, 0.1) is 12.8 Å². The van der Waals surface area contributed by atoms with Crippen LogP contribution in [0.25, 0.3) is 0 Å². The average molecular weight is 282 g/mol. The molecule has 2 aromatic carbocycles. The van der Waals surface area contributed by atoms with Crippen LogP contribution < -0.4 is 10.1 Å². The lowest BCUT2D eigenvalue weighted by molar-refractivity contribution is 0.416. The number of hydrogen-bond donors (Lipinski definition) is 1. The number of rotatable bonds is 4. The van der Waals surface area contributed by atoms with Crippen LogP contribution >= 0.6 is 23.2 Å². The van der Waals surface area contributed by atoms with E-state index in [1.54, 1.807) is 13.2 Å². The van der Waals surface area contributed by atoms with E-state index in [2.05, 4.69) is 5.32 Å². The topological polar surface area (TPSA) is 21.3 Å². The van der Waals surface area contributed by atoms with Gasteiger partial charge in [-0.2, -0.15) is 0 Å². The molecule has 2 nitrogen and oxygen atoms in total. The van der Waals surface area contributed by atoms with Crippen LogP contribution in [0.5, 0.6) is 5.75 Å². The first-order valence-electron chi connectivity index (χ1n) is 5.51. The Morgan fingerprint density at radius 3 is 2.61 bits per heavy atom. The van der Waals surface area contributed by atoms with Crippen molar-refractivity contribution in [3.63, 3.8) is 0 Å². The SMILES string of the molecule is COc1ccc(Cl)cc1NCc1ccccc1Cl. The van der Waals surface area contributed by atoms with Crippen LogP contribution in [0.15, 0.2) is 42.5 Å². The summed E-state index contributed by atoms with van der Waals surface area (Å²) in [5, 5.41) is 4.67. The highest BCUT2D eigenvalue weighted by molar-refractivity contribution is 6.31. The molecular formula is C14H13Cl2NO. The van der Waals surface area contributed by atoms with E-state index >= 15 is 0 Å². The molecule has 0 aliphatic heterocycles. The lowest BCUT2D eigenvalue weighted by Crippen LogP contribution is -2.01. The third kappa shape index (κ3) is 3.09. The highest BCUT2D eigenvalue weighted by Gasteiger charge is 2.04. The first-order chi connectivity index (χ1) is 8.70. The standard InChI is InChI=1S/C14H13Cl2NO/c1-18-14-7-6-11(15)8-13(14)17-9-10-4-2-3-5-12(10)16/h2-8,17H,9H2,1H3. The monoisotopic (exact) mass is 281 g/mol. The zero-order chi connectivity index (χ0) is 13.0. The molecule has 0 spiro atoms. The Bertz CT molecular complexity index is 543. The molecule has 0 aliphatic rings. The van der Waals surface area contributed by atoms with Crippen LogP contribution in [0.3, 0.4) is 0 Å². The summed E-state index contributed by atoms with van der Waals surface area (Å²) in [7, 11) is 1.63. The molecule has 2 rings (SSSR count). The Morgan fingerprint density at radius 2 is 1.89 bits per heavy atom. The molecule has 4 heteroatoms. The first kappa shape index (κ1) is 13.1. The zero-order valence-electron chi connectivity index (χ0n) is 9.91. The maximum absolute atomic E-state index is 6.10. The van der Waals surface area contributed by atoms with Gasteiger partial charge in [-0.1, -0.05) is 41.4 Å². The van der Waals surface area contributed by atoms with Crippen molar-refractivity contribution >= 4 is 28.9 Å². The predicted molar refractivity (Wildman–Crippen MR) is 76.8 cm³/mol. The maximum Gasteiger partial charge on any atom is 0.142 e. The van der Waals surface area contributed by atoms with Crippen LogP contribution in [0.2, 0.25) is 10.0 Å². The summed E-state index contributed by atoms with van der Waals surface area (Å²) < 4.78 is 5.26. The van der Waals surface area contributed by atoms with Gasteiger partial charge in [0.2, 0.25) is 0 Å². The van der Waals surface area contributed by atoms with Crippen LogP contribution in [-0.4, -0.2) is 7.11 Å². The van der Waals surface area contributed by atoms with Crippen LogP contribution in [-0.2, 0) is 6.54 Å². The normalized spacial score (nSPS) is 10.2. The summed E-state index contributed by atoms with van der Waals surface area (Å²) in [5.74, 6) is 0.756. The van der Waals surface area contributed by atoms with Crippen molar-refractivity contribution in [1.29, 1.82) is 0 Å². The molecule has 0 bridgehead atoms. The Hall–Kier alpha value is -1.38. The van der Waals surface area contributed by atoms with Gasteiger partial charge >= 0.3 is 0 Å². The highest BCUT2D eigenvalue weighted by atomic mass is 35.5. The fraction of sp³-hybridized carbons (Fsp3) is 0.143. The van der Waals surface area contributed by atoms with Gasteiger partial charge in [-0.25, -0.2) is 0 Å². The molecule has 0 aliphatic carbocycles. The molecule has 0 unspecified atom stereocenters. The van der Waals surface area contributed by atoms with E-state index < -0.39 is 0 Å². The summed E-state index contributed by atoms with van der Waals surface area (Å²) in [6.45, 7) is 0.621. The van der Waals surface area contributed by atoms with Gasteiger partial charge in [-0.15, -0.1) is 0 Å². The third-order valence-corrected chi connectivity index (χ3v) is 3.19. The minimum absolute atomic E-state index is 0.621. The zero-order valence-corrected chi connectivity index (χ0v) is 11.4. The Kier molecular flexibility index (Phi) is 4.34. The van der Waals surface area contributed by atoms with Gasteiger partial charge < -0.3 is 10.1 Å². The second-order valence-electron chi connectivity index (χ2n) is 3.79.